The molecule has 0 saturated heterocycles. The van der Waals surface area contributed by atoms with Crippen molar-refractivity contribution in [3.63, 3.8) is 0 Å². The molecule has 120 valence electrons. The summed E-state index contributed by atoms with van der Waals surface area (Å²) >= 11 is 0. The first-order valence-electron chi connectivity index (χ1n) is 7.34. The molecule has 2 aromatic rings. The number of imidazole rings is 1. The summed E-state index contributed by atoms with van der Waals surface area (Å²) in [7, 11) is 0. The number of benzene rings is 1. The molecule has 1 aromatic heterocycles. The van der Waals surface area contributed by atoms with Gasteiger partial charge in [0.2, 0.25) is 0 Å². The highest BCUT2D eigenvalue weighted by Gasteiger charge is 2.32. The predicted octanol–water partition coefficient (Wildman–Crippen LogP) is 2.29. The fraction of sp³-hybridized carbons (Fsp3) is 0.312. The number of carbonyl (C=O) groups excluding carboxylic acids is 1. The first kappa shape index (κ1) is 15.1. The number of nitrogens with zero attached hydrogens (tertiary/aromatic N) is 3. The summed E-state index contributed by atoms with van der Waals surface area (Å²) in [5.41, 5.74) is 1.06. The summed E-state index contributed by atoms with van der Waals surface area (Å²) in [5, 5.41) is 9.14. The molecule has 7 heteroatoms. The lowest BCUT2D eigenvalue weighted by Crippen LogP contribution is -2.42. The number of aromatic carboxylic acids is 1. The van der Waals surface area contributed by atoms with E-state index in [1.807, 2.05) is 37.3 Å². The minimum atomic E-state index is -1.02. The Labute approximate surface area is 133 Å². The molecule has 0 saturated carbocycles. The third-order valence-electron chi connectivity index (χ3n) is 3.95. The Balaban J connectivity index is 1.69. The molecule has 1 amide bonds. The number of ether oxygens (including phenoxy) is 1. The van der Waals surface area contributed by atoms with Crippen LogP contribution in [0.5, 0.6) is 0 Å². The van der Waals surface area contributed by atoms with Gasteiger partial charge in [-0.1, -0.05) is 30.3 Å². The quantitative estimate of drug-likeness (QED) is 0.939. The maximum absolute atomic E-state index is 12.3. The largest absolute Gasteiger partial charge is 0.477 e. The summed E-state index contributed by atoms with van der Waals surface area (Å²) < 4.78 is 6.97. The fourth-order valence-electron chi connectivity index (χ4n) is 2.72. The van der Waals surface area contributed by atoms with Crippen LogP contribution >= 0.6 is 0 Å². The zero-order valence-corrected chi connectivity index (χ0v) is 12.7. The topological polar surface area (TPSA) is 84.7 Å². The van der Waals surface area contributed by atoms with Crippen LogP contribution < -0.4 is 0 Å². The molecule has 0 aliphatic carbocycles. The lowest BCUT2D eigenvalue weighted by atomic mass is 10.2. The van der Waals surface area contributed by atoms with E-state index in [0.29, 0.717) is 18.9 Å². The number of carboxylic acids is 1. The van der Waals surface area contributed by atoms with E-state index >= 15 is 0 Å². The van der Waals surface area contributed by atoms with Gasteiger partial charge in [-0.05, 0) is 12.5 Å². The highest BCUT2D eigenvalue weighted by molar-refractivity contribution is 5.85. The molecule has 0 fully saturated rings. The lowest BCUT2D eigenvalue weighted by Gasteiger charge is -2.33. The Morgan fingerprint density at radius 3 is 2.74 bits per heavy atom. The van der Waals surface area contributed by atoms with Crippen LogP contribution in [0.3, 0.4) is 0 Å². The molecule has 0 bridgehead atoms. The number of rotatable bonds is 3. The fourth-order valence-corrected chi connectivity index (χ4v) is 2.72. The van der Waals surface area contributed by atoms with Gasteiger partial charge in [0.15, 0.2) is 0 Å². The van der Waals surface area contributed by atoms with Crippen molar-refractivity contribution in [2.45, 2.75) is 26.1 Å². The van der Waals surface area contributed by atoms with E-state index in [1.54, 1.807) is 9.47 Å². The van der Waals surface area contributed by atoms with Gasteiger partial charge in [-0.15, -0.1) is 0 Å². The van der Waals surface area contributed by atoms with Crippen LogP contribution in [0.25, 0.3) is 0 Å². The van der Waals surface area contributed by atoms with Crippen LogP contribution in [0, 0.1) is 0 Å². The van der Waals surface area contributed by atoms with Crippen molar-refractivity contribution in [2.75, 3.05) is 6.54 Å². The Morgan fingerprint density at radius 1 is 1.30 bits per heavy atom. The molecule has 1 unspecified atom stereocenters. The monoisotopic (exact) mass is 315 g/mol. The van der Waals surface area contributed by atoms with E-state index < -0.39 is 12.1 Å². The molecule has 1 aliphatic rings. The van der Waals surface area contributed by atoms with Crippen LogP contribution in [-0.4, -0.2) is 38.2 Å². The Kier molecular flexibility index (Phi) is 4.01. The van der Waals surface area contributed by atoms with Gasteiger partial charge in [-0.2, -0.15) is 0 Å². The molecule has 0 spiro atoms. The number of fused-ring (bicyclic) bond motifs is 1. The number of hydrogen-bond acceptors (Lipinski definition) is 4. The minimum absolute atomic E-state index is 0.143. The minimum Gasteiger partial charge on any atom is -0.477 e. The molecule has 1 atom stereocenters. The Hall–Kier alpha value is -2.83. The van der Waals surface area contributed by atoms with Gasteiger partial charge in [0, 0.05) is 13.1 Å². The van der Waals surface area contributed by atoms with E-state index in [1.165, 1.54) is 6.20 Å². The van der Waals surface area contributed by atoms with E-state index in [4.69, 9.17) is 9.84 Å². The van der Waals surface area contributed by atoms with Crippen molar-refractivity contribution < 1.29 is 19.4 Å². The van der Waals surface area contributed by atoms with Crippen LogP contribution in [0.4, 0.5) is 4.79 Å². The van der Waals surface area contributed by atoms with Crippen molar-refractivity contribution in [1.29, 1.82) is 0 Å². The van der Waals surface area contributed by atoms with Gasteiger partial charge < -0.3 is 14.4 Å². The van der Waals surface area contributed by atoms with Crippen molar-refractivity contribution in [1.82, 2.24) is 14.5 Å². The van der Waals surface area contributed by atoms with E-state index in [0.717, 1.165) is 5.56 Å². The molecule has 23 heavy (non-hydrogen) atoms. The van der Waals surface area contributed by atoms with Gasteiger partial charge in [-0.3, -0.25) is 4.90 Å². The number of aromatic nitrogens is 2. The van der Waals surface area contributed by atoms with Crippen molar-refractivity contribution in [3.05, 3.63) is 53.6 Å². The van der Waals surface area contributed by atoms with Gasteiger partial charge >= 0.3 is 12.1 Å². The van der Waals surface area contributed by atoms with Gasteiger partial charge in [0.1, 0.15) is 18.1 Å². The molecule has 1 N–H and O–H groups in total. The summed E-state index contributed by atoms with van der Waals surface area (Å²) in [4.78, 5) is 29.1. The second kappa shape index (κ2) is 6.12. The van der Waals surface area contributed by atoms with Crippen molar-refractivity contribution >= 4 is 12.1 Å². The molecule has 1 aromatic carbocycles. The van der Waals surface area contributed by atoms with Crippen LogP contribution in [-0.2, 0) is 17.9 Å². The highest BCUT2D eigenvalue weighted by atomic mass is 16.6. The second-order valence-electron chi connectivity index (χ2n) is 5.37. The zero-order chi connectivity index (χ0) is 16.4. The molecule has 0 radical (unpaired) electrons. The van der Waals surface area contributed by atoms with Gasteiger partial charge in [0.25, 0.3) is 0 Å². The zero-order valence-electron chi connectivity index (χ0n) is 12.7. The molecule has 3 rings (SSSR count). The smallest absolute Gasteiger partial charge is 0.410 e. The molecule has 7 nitrogen and oxygen atoms in total. The summed E-state index contributed by atoms with van der Waals surface area (Å²) in [5.74, 6) is -0.457. The predicted molar refractivity (Wildman–Crippen MR) is 80.9 cm³/mol. The number of carboxylic acid groups (broad SMARTS) is 1. The summed E-state index contributed by atoms with van der Waals surface area (Å²) in [6.45, 7) is 2.80. The second-order valence-corrected chi connectivity index (χ2v) is 5.37. The lowest BCUT2D eigenvalue weighted by molar-refractivity contribution is 0.0659. The van der Waals surface area contributed by atoms with Gasteiger partial charge in [0.05, 0.1) is 12.2 Å². The van der Waals surface area contributed by atoms with E-state index in [2.05, 4.69) is 4.98 Å². The maximum atomic E-state index is 12.3. The number of carbonyl (C=O) groups is 2. The molecule has 2 heterocycles. The van der Waals surface area contributed by atoms with Crippen LogP contribution in [0.1, 0.15) is 34.8 Å². The maximum Gasteiger partial charge on any atom is 0.410 e. The van der Waals surface area contributed by atoms with Crippen molar-refractivity contribution in [2.24, 2.45) is 0 Å². The highest BCUT2D eigenvalue weighted by Crippen LogP contribution is 2.26. The normalized spacial score (nSPS) is 16.7. The summed E-state index contributed by atoms with van der Waals surface area (Å²) in [6, 6.07) is 9.11. The van der Waals surface area contributed by atoms with E-state index in [-0.39, 0.29) is 18.3 Å². The number of hydrogen-bond donors (Lipinski definition) is 1. The first-order chi connectivity index (χ1) is 11.1. The average Bonchev–Trinajstić information content (AvgIpc) is 2.99. The first-order valence-corrected chi connectivity index (χ1v) is 7.34. The molecular formula is C16H17N3O4. The van der Waals surface area contributed by atoms with Crippen molar-refractivity contribution in [3.8, 4) is 0 Å². The SMILES string of the molecule is CC1c2ncc(C(=O)O)n2CCN1C(=O)OCc1ccccc1. The Morgan fingerprint density at radius 2 is 2.04 bits per heavy atom. The Bertz CT molecular complexity index is 726. The molecule has 1 aliphatic heterocycles. The van der Waals surface area contributed by atoms with Crippen LogP contribution in [0.15, 0.2) is 36.5 Å². The van der Waals surface area contributed by atoms with Crippen LogP contribution in [0.2, 0.25) is 0 Å². The molecular weight excluding hydrogens is 298 g/mol. The van der Waals surface area contributed by atoms with Gasteiger partial charge in [-0.25, -0.2) is 14.6 Å². The number of amides is 1. The third kappa shape index (κ3) is 2.90. The third-order valence-corrected chi connectivity index (χ3v) is 3.95. The average molecular weight is 315 g/mol. The standard InChI is InChI=1S/C16H17N3O4/c1-11-14-17-9-13(15(20)21)19(14)8-7-18(11)16(22)23-10-12-5-3-2-4-6-12/h2-6,9,11H,7-8,10H2,1H3,(H,20,21). The summed E-state index contributed by atoms with van der Waals surface area (Å²) in [6.07, 6.45) is 0.903. The van der Waals surface area contributed by atoms with E-state index in [9.17, 15) is 9.59 Å².